The highest BCUT2D eigenvalue weighted by atomic mass is 16.3. The first-order chi connectivity index (χ1) is 21.3. The molecule has 10 rings (SSSR count). The van der Waals surface area contributed by atoms with Gasteiger partial charge in [-0.15, -0.1) is 0 Å². The minimum atomic E-state index is 0.885. The van der Waals surface area contributed by atoms with E-state index in [9.17, 15) is 0 Å². The first-order valence-corrected chi connectivity index (χ1v) is 14.6. The average Bonchev–Trinajstić information content (AvgIpc) is 3.44. The second-order valence-corrected chi connectivity index (χ2v) is 11.4. The van der Waals surface area contributed by atoms with Crippen LogP contribution in [0.1, 0.15) is 0 Å². The van der Waals surface area contributed by atoms with Crippen molar-refractivity contribution in [1.82, 2.24) is 9.97 Å². The van der Waals surface area contributed by atoms with Gasteiger partial charge in [-0.3, -0.25) is 9.97 Å². The summed E-state index contributed by atoms with van der Waals surface area (Å²) in [6, 6.07) is 43.6. The molecule has 3 aromatic heterocycles. The zero-order chi connectivity index (χ0) is 28.1. The lowest BCUT2D eigenvalue weighted by Gasteiger charge is -2.14. The monoisotopic (exact) mass is 546 g/mol. The van der Waals surface area contributed by atoms with Crippen LogP contribution >= 0.6 is 0 Å². The molecule has 0 spiro atoms. The topological polar surface area (TPSA) is 38.9 Å². The maximum Gasteiger partial charge on any atom is 0.135 e. The molecule has 0 amide bonds. The minimum Gasteiger partial charge on any atom is -0.456 e. The van der Waals surface area contributed by atoms with Gasteiger partial charge in [-0.25, -0.2) is 0 Å². The van der Waals surface area contributed by atoms with Crippen LogP contribution < -0.4 is 0 Å². The van der Waals surface area contributed by atoms with E-state index in [4.69, 9.17) is 9.40 Å². The van der Waals surface area contributed by atoms with Crippen LogP contribution in [0.25, 0.3) is 98.3 Å². The predicted molar refractivity (Wildman–Crippen MR) is 179 cm³/mol. The Balaban J connectivity index is 1.21. The van der Waals surface area contributed by atoms with Gasteiger partial charge in [0.05, 0.1) is 11.0 Å². The van der Waals surface area contributed by atoms with E-state index in [0.717, 1.165) is 54.9 Å². The Kier molecular flexibility index (Phi) is 4.45. The molecule has 7 aromatic carbocycles. The van der Waals surface area contributed by atoms with Crippen LogP contribution in [-0.4, -0.2) is 9.97 Å². The van der Waals surface area contributed by atoms with E-state index in [1.54, 1.807) is 0 Å². The molecule has 0 saturated carbocycles. The molecule has 3 nitrogen and oxygen atoms in total. The van der Waals surface area contributed by atoms with Crippen LogP contribution in [0.15, 0.2) is 138 Å². The van der Waals surface area contributed by atoms with Crippen molar-refractivity contribution in [2.75, 3.05) is 0 Å². The van der Waals surface area contributed by atoms with Crippen molar-refractivity contribution in [3.8, 4) is 22.3 Å². The molecule has 0 N–H and O–H groups in total. The fraction of sp³-hybridized carbons (Fsp3) is 0. The molecular weight excluding hydrogens is 524 g/mol. The van der Waals surface area contributed by atoms with E-state index < -0.39 is 0 Å². The van der Waals surface area contributed by atoms with Crippen LogP contribution in [0.2, 0.25) is 0 Å². The molecule has 0 radical (unpaired) electrons. The van der Waals surface area contributed by atoms with Gasteiger partial charge in [0, 0.05) is 33.9 Å². The van der Waals surface area contributed by atoms with Crippen LogP contribution in [-0.2, 0) is 0 Å². The second kappa shape index (κ2) is 8.37. The molecular formula is C40H22N2O. The zero-order valence-corrected chi connectivity index (χ0v) is 23.0. The van der Waals surface area contributed by atoms with Gasteiger partial charge in [0.2, 0.25) is 0 Å². The number of benzene rings is 7. The van der Waals surface area contributed by atoms with Crippen molar-refractivity contribution in [3.63, 3.8) is 0 Å². The Morgan fingerprint density at radius 2 is 1.02 bits per heavy atom. The number of hydrogen-bond acceptors (Lipinski definition) is 3. The average molecular weight is 547 g/mol. The fourth-order valence-electron chi connectivity index (χ4n) is 7.12. The molecule has 43 heavy (non-hydrogen) atoms. The smallest absolute Gasteiger partial charge is 0.135 e. The van der Waals surface area contributed by atoms with Gasteiger partial charge in [0.15, 0.2) is 0 Å². The Morgan fingerprint density at radius 3 is 1.81 bits per heavy atom. The molecule has 0 aliphatic carbocycles. The lowest BCUT2D eigenvalue weighted by molar-refractivity contribution is 0.669. The second-order valence-electron chi connectivity index (χ2n) is 11.4. The van der Waals surface area contributed by atoms with Crippen molar-refractivity contribution in [1.29, 1.82) is 0 Å². The maximum atomic E-state index is 6.35. The van der Waals surface area contributed by atoms with E-state index in [0.29, 0.717) is 0 Å². The quantitative estimate of drug-likeness (QED) is 0.202. The number of nitrogens with zero attached hydrogens (tertiary/aromatic N) is 2. The first kappa shape index (κ1) is 22.8. The molecule has 0 aliphatic rings. The standard InChI is InChI=1S/C40H22N2O/c1-4-23-8-9-25-10-14-29(30-15-11-24(5-1)37(23)38(25)30)26-12-16-35-33(20-26)34-21-27(13-17-36(34)43-35)32-22-28-6-2-18-41-39(28)40-31(32)7-3-19-42-40/h1-22H. The Labute approximate surface area is 246 Å². The molecule has 0 fully saturated rings. The number of rotatable bonds is 2. The number of aromatic nitrogens is 2. The van der Waals surface area contributed by atoms with Crippen molar-refractivity contribution in [2.24, 2.45) is 0 Å². The lowest BCUT2D eigenvalue weighted by Crippen LogP contribution is -1.88. The van der Waals surface area contributed by atoms with Gasteiger partial charge >= 0.3 is 0 Å². The van der Waals surface area contributed by atoms with Crippen LogP contribution in [0.3, 0.4) is 0 Å². The molecule has 0 bridgehead atoms. The highest BCUT2D eigenvalue weighted by Crippen LogP contribution is 2.42. The van der Waals surface area contributed by atoms with Crippen molar-refractivity contribution in [2.45, 2.75) is 0 Å². The van der Waals surface area contributed by atoms with E-state index >= 15 is 0 Å². The van der Waals surface area contributed by atoms with Gasteiger partial charge in [0.1, 0.15) is 11.2 Å². The van der Waals surface area contributed by atoms with Gasteiger partial charge in [0.25, 0.3) is 0 Å². The summed E-state index contributed by atoms with van der Waals surface area (Å²) < 4.78 is 6.35. The summed E-state index contributed by atoms with van der Waals surface area (Å²) in [7, 11) is 0. The van der Waals surface area contributed by atoms with Crippen molar-refractivity contribution >= 4 is 76.1 Å². The Morgan fingerprint density at radius 1 is 0.395 bits per heavy atom. The molecule has 0 aliphatic heterocycles. The Bertz CT molecular complexity index is 2720. The van der Waals surface area contributed by atoms with E-state index in [-0.39, 0.29) is 0 Å². The summed E-state index contributed by atoms with van der Waals surface area (Å²) >= 11 is 0. The van der Waals surface area contributed by atoms with Gasteiger partial charge in [-0.05, 0) is 97.0 Å². The summed E-state index contributed by atoms with van der Waals surface area (Å²) in [6.45, 7) is 0. The number of pyridine rings is 2. The van der Waals surface area contributed by atoms with Crippen molar-refractivity contribution < 1.29 is 4.42 Å². The van der Waals surface area contributed by atoms with Crippen LogP contribution in [0.4, 0.5) is 0 Å². The fourth-order valence-corrected chi connectivity index (χ4v) is 7.12. The summed E-state index contributed by atoms with van der Waals surface area (Å²) in [4.78, 5) is 9.35. The third kappa shape index (κ3) is 3.19. The van der Waals surface area contributed by atoms with Crippen LogP contribution in [0, 0.1) is 0 Å². The zero-order valence-electron chi connectivity index (χ0n) is 23.0. The normalized spacial score (nSPS) is 12.2. The maximum absolute atomic E-state index is 6.35. The molecule has 0 atom stereocenters. The lowest BCUT2D eigenvalue weighted by atomic mass is 9.89. The minimum absolute atomic E-state index is 0.885. The van der Waals surface area contributed by atoms with E-state index in [1.165, 1.54) is 43.4 Å². The van der Waals surface area contributed by atoms with Gasteiger partial charge in [-0.2, -0.15) is 0 Å². The number of fused-ring (bicyclic) bond motifs is 6. The summed E-state index contributed by atoms with van der Waals surface area (Å²) in [5.74, 6) is 0. The van der Waals surface area contributed by atoms with Gasteiger partial charge in [-0.1, -0.05) is 78.9 Å². The summed E-state index contributed by atoms with van der Waals surface area (Å²) in [6.07, 6.45) is 3.67. The van der Waals surface area contributed by atoms with Gasteiger partial charge < -0.3 is 4.42 Å². The molecule has 0 unspecified atom stereocenters. The largest absolute Gasteiger partial charge is 0.456 e. The Hall–Kier alpha value is -5.80. The third-order valence-corrected chi connectivity index (χ3v) is 9.08. The molecule has 0 saturated heterocycles. The molecule has 198 valence electrons. The number of hydrogen-bond donors (Lipinski definition) is 0. The SMILES string of the molecule is c1cnc2c(c1)cc(-c1ccc3oc4ccc(-c5ccc6ccc7cccc8ccc5c6c78)cc4c3c1)c1cccnc12. The first-order valence-electron chi connectivity index (χ1n) is 14.6. The van der Waals surface area contributed by atoms with E-state index in [1.807, 2.05) is 24.5 Å². The van der Waals surface area contributed by atoms with Crippen molar-refractivity contribution in [3.05, 3.63) is 134 Å². The highest BCUT2D eigenvalue weighted by Gasteiger charge is 2.16. The summed E-state index contributed by atoms with van der Waals surface area (Å²) in [5, 5.41) is 12.2. The van der Waals surface area contributed by atoms with Crippen LogP contribution in [0.5, 0.6) is 0 Å². The molecule has 10 aromatic rings. The van der Waals surface area contributed by atoms with E-state index in [2.05, 4.69) is 114 Å². The molecule has 3 heteroatoms. The number of furan rings is 1. The molecule has 3 heterocycles. The highest BCUT2D eigenvalue weighted by molar-refractivity contribution is 6.25. The third-order valence-electron chi connectivity index (χ3n) is 9.08. The predicted octanol–water partition coefficient (Wildman–Crippen LogP) is 10.9. The summed E-state index contributed by atoms with van der Waals surface area (Å²) in [5.41, 5.74) is 8.31.